The summed E-state index contributed by atoms with van der Waals surface area (Å²) in [6.45, 7) is 1.91. The molecule has 3 aromatic rings. The lowest BCUT2D eigenvalue weighted by Crippen LogP contribution is -2.28. The normalized spacial score (nSPS) is 18.4. The molecule has 1 saturated carbocycles. The molecule has 2 fully saturated rings. The van der Waals surface area contributed by atoms with Gasteiger partial charge in [-0.15, -0.1) is 0 Å². The Morgan fingerprint density at radius 3 is 2.85 bits per heavy atom. The van der Waals surface area contributed by atoms with Crippen molar-refractivity contribution in [3.63, 3.8) is 0 Å². The van der Waals surface area contributed by atoms with E-state index < -0.39 is 0 Å². The van der Waals surface area contributed by atoms with Gasteiger partial charge in [0.05, 0.1) is 17.5 Å². The molecule has 1 aliphatic heterocycles. The van der Waals surface area contributed by atoms with Gasteiger partial charge in [-0.2, -0.15) is 10.1 Å². The van der Waals surface area contributed by atoms with Crippen LogP contribution < -0.4 is 10.9 Å². The van der Waals surface area contributed by atoms with Crippen LogP contribution in [-0.2, 0) is 0 Å². The summed E-state index contributed by atoms with van der Waals surface area (Å²) >= 11 is 0. The first-order valence-corrected chi connectivity index (χ1v) is 9.63. The number of allylic oxidation sites excluding steroid dienone is 1. The fourth-order valence-electron chi connectivity index (χ4n) is 4.14. The number of piperidine rings is 1. The van der Waals surface area contributed by atoms with Crippen molar-refractivity contribution in [2.24, 2.45) is 0 Å². The Hall–Kier alpha value is -2.74. The van der Waals surface area contributed by atoms with Crippen LogP contribution in [0.1, 0.15) is 56.0 Å². The number of fused-ring (bicyclic) bond motifs is 1. The second kappa shape index (κ2) is 6.77. The summed E-state index contributed by atoms with van der Waals surface area (Å²) in [6, 6.07) is 1.66. The number of aromatic amines is 1. The molecule has 140 valence electrons. The summed E-state index contributed by atoms with van der Waals surface area (Å²) in [5.74, 6) is 1.28. The Morgan fingerprint density at radius 2 is 2.04 bits per heavy atom. The van der Waals surface area contributed by atoms with Gasteiger partial charge in [0.25, 0.3) is 11.4 Å². The van der Waals surface area contributed by atoms with Crippen molar-refractivity contribution in [1.29, 1.82) is 0 Å². The maximum Gasteiger partial charge on any atom is 0.251 e. The molecule has 0 unspecified atom stereocenters. The molecule has 0 atom stereocenters. The standard InChI is InChI=1S/C19H22N6O2/c26-16-10-15(13-5-7-20-8-6-13)25-19(22-16)14(11-21-25)18-23-17(27-24-18)9-12-3-1-2-4-12/h9-11,13,20H,1-8H2,(H,22,26). The highest BCUT2D eigenvalue weighted by Gasteiger charge is 2.22. The van der Waals surface area contributed by atoms with Gasteiger partial charge in [-0.25, -0.2) is 4.52 Å². The first-order chi connectivity index (χ1) is 13.3. The zero-order valence-electron chi connectivity index (χ0n) is 15.1. The van der Waals surface area contributed by atoms with Gasteiger partial charge in [0, 0.05) is 18.1 Å². The Balaban J connectivity index is 1.54. The first-order valence-electron chi connectivity index (χ1n) is 9.63. The molecule has 0 spiro atoms. The van der Waals surface area contributed by atoms with Crippen molar-refractivity contribution in [3.05, 3.63) is 39.8 Å². The summed E-state index contributed by atoms with van der Waals surface area (Å²) in [5.41, 5.74) is 3.47. The number of rotatable bonds is 3. The molecule has 27 heavy (non-hydrogen) atoms. The minimum absolute atomic E-state index is 0.130. The predicted octanol–water partition coefficient (Wildman–Crippen LogP) is 2.50. The van der Waals surface area contributed by atoms with Gasteiger partial charge >= 0.3 is 0 Å². The maximum absolute atomic E-state index is 12.3. The van der Waals surface area contributed by atoms with E-state index in [-0.39, 0.29) is 5.56 Å². The number of H-pyrrole nitrogens is 1. The highest BCUT2D eigenvalue weighted by atomic mass is 16.5. The van der Waals surface area contributed by atoms with Crippen molar-refractivity contribution in [3.8, 4) is 11.4 Å². The van der Waals surface area contributed by atoms with E-state index in [1.54, 1.807) is 12.3 Å². The monoisotopic (exact) mass is 366 g/mol. The first kappa shape index (κ1) is 16.4. The lowest BCUT2D eigenvalue weighted by Gasteiger charge is -2.23. The average Bonchev–Trinajstić information content (AvgIpc) is 3.43. The topological polar surface area (TPSA) is 101 Å². The number of nitrogens with zero attached hydrogens (tertiary/aromatic N) is 4. The third kappa shape index (κ3) is 3.10. The van der Waals surface area contributed by atoms with Crippen LogP contribution in [0.25, 0.3) is 23.1 Å². The maximum atomic E-state index is 12.3. The second-order valence-corrected chi connectivity index (χ2v) is 7.37. The second-order valence-electron chi connectivity index (χ2n) is 7.37. The van der Waals surface area contributed by atoms with Gasteiger partial charge in [-0.05, 0) is 51.6 Å². The molecule has 3 aromatic heterocycles. The molecule has 2 N–H and O–H groups in total. The largest absolute Gasteiger partial charge is 0.334 e. The highest BCUT2D eigenvalue weighted by molar-refractivity contribution is 5.72. The van der Waals surface area contributed by atoms with Crippen molar-refractivity contribution < 1.29 is 4.52 Å². The molecule has 8 heteroatoms. The van der Waals surface area contributed by atoms with Gasteiger partial charge in [0.15, 0.2) is 0 Å². The van der Waals surface area contributed by atoms with E-state index in [0.29, 0.717) is 28.8 Å². The Kier molecular flexibility index (Phi) is 4.12. The molecule has 0 aromatic carbocycles. The van der Waals surface area contributed by atoms with Crippen LogP contribution in [0.2, 0.25) is 0 Å². The van der Waals surface area contributed by atoms with E-state index >= 15 is 0 Å². The summed E-state index contributed by atoms with van der Waals surface area (Å²) in [5, 5.41) is 12.0. The molecule has 8 nitrogen and oxygen atoms in total. The van der Waals surface area contributed by atoms with E-state index in [4.69, 9.17) is 4.52 Å². The van der Waals surface area contributed by atoms with E-state index in [9.17, 15) is 4.79 Å². The third-order valence-electron chi connectivity index (χ3n) is 5.55. The summed E-state index contributed by atoms with van der Waals surface area (Å²) in [6.07, 6.45) is 10.3. The summed E-state index contributed by atoms with van der Waals surface area (Å²) in [4.78, 5) is 19.7. The van der Waals surface area contributed by atoms with Crippen LogP contribution in [0, 0.1) is 0 Å². The van der Waals surface area contributed by atoms with Crippen molar-refractivity contribution in [2.75, 3.05) is 13.1 Å². The van der Waals surface area contributed by atoms with E-state index in [1.807, 2.05) is 10.6 Å². The minimum Gasteiger partial charge on any atom is -0.334 e. The van der Waals surface area contributed by atoms with E-state index in [1.165, 1.54) is 18.4 Å². The van der Waals surface area contributed by atoms with Crippen LogP contribution in [0.15, 0.2) is 27.2 Å². The molecule has 2 aliphatic rings. The summed E-state index contributed by atoms with van der Waals surface area (Å²) in [7, 11) is 0. The van der Waals surface area contributed by atoms with Crippen LogP contribution in [0.3, 0.4) is 0 Å². The highest BCUT2D eigenvalue weighted by Crippen LogP contribution is 2.28. The van der Waals surface area contributed by atoms with Crippen LogP contribution in [-0.4, -0.2) is 37.8 Å². The van der Waals surface area contributed by atoms with Gasteiger partial charge in [-0.1, -0.05) is 10.7 Å². The quantitative estimate of drug-likeness (QED) is 0.738. The molecule has 0 radical (unpaired) electrons. The Labute approximate surface area is 155 Å². The molecule has 1 aliphatic carbocycles. The lowest BCUT2D eigenvalue weighted by molar-refractivity contribution is 0.411. The van der Waals surface area contributed by atoms with Crippen LogP contribution in [0.5, 0.6) is 0 Å². The Bertz CT molecular complexity index is 1050. The number of hydrogen-bond acceptors (Lipinski definition) is 6. The van der Waals surface area contributed by atoms with Crippen molar-refractivity contribution >= 4 is 11.7 Å². The average molecular weight is 366 g/mol. The lowest BCUT2D eigenvalue weighted by atomic mass is 9.94. The number of aromatic nitrogens is 5. The summed E-state index contributed by atoms with van der Waals surface area (Å²) < 4.78 is 7.22. The van der Waals surface area contributed by atoms with Gasteiger partial charge < -0.3 is 14.8 Å². The molecule has 4 heterocycles. The third-order valence-corrected chi connectivity index (χ3v) is 5.55. The number of hydrogen-bond donors (Lipinski definition) is 2. The fourth-order valence-corrected chi connectivity index (χ4v) is 4.14. The zero-order valence-corrected chi connectivity index (χ0v) is 15.1. The SMILES string of the molecule is O=c1cc(C2CCNCC2)n2ncc(-c3noc(C=C4CCCC4)n3)c2[nH]1. The van der Waals surface area contributed by atoms with E-state index in [2.05, 4.69) is 25.5 Å². The minimum atomic E-state index is -0.130. The van der Waals surface area contributed by atoms with Crippen molar-refractivity contribution in [2.45, 2.75) is 44.4 Å². The zero-order chi connectivity index (χ0) is 18.2. The smallest absolute Gasteiger partial charge is 0.251 e. The van der Waals surface area contributed by atoms with Crippen LogP contribution in [0.4, 0.5) is 0 Å². The molecule has 5 rings (SSSR count). The van der Waals surface area contributed by atoms with Crippen molar-refractivity contribution in [1.82, 2.24) is 30.1 Å². The number of nitrogens with one attached hydrogen (secondary N) is 2. The Morgan fingerprint density at radius 1 is 1.22 bits per heavy atom. The molecular weight excluding hydrogens is 344 g/mol. The molecular formula is C19H22N6O2. The van der Waals surface area contributed by atoms with Gasteiger partial charge in [0.1, 0.15) is 5.65 Å². The predicted molar refractivity (Wildman–Crippen MR) is 100 cm³/mol. The fraction of sp³-hybridized carbons (Fsp3) is 0.474. The van der Waals surface area contributed by atoms with Crippen LogP contribution >= 0.6 is 0 Å². The molecule has 0 bridgehead atoms. The van der Waals surface area contributed by atoms with Gasteiger partial charge in [-0.3, -0.25) is 4.79 Å². The molecule has 0 amide bonds. The van der Waals surface area contributed by atoms with E-state index in [0.717, 1.165) is 44.5 Å². The molecule has 1 saturated heterocycles. The van der Waals surface area contributed by atoms with Gasteiger partial charge in [0.2, 0.25) is 5.82 Å².